The molecule has 5 heteroatoms. The summed E-state index contributed by atoms with van der Waals surface area (Å²) in [6, 6.07) is 5.86. The monoisotopic (exact) mass is 292 g/mol. The summed E-state index contributed by atoms with van der Waals surface area (Å²) in [6.07, 6.45) is 0.860. The number of hydrogen-bond donors (Lipinski definition) is 1. The minimum absolute atomic E-state index is 0.236. The lowest BCUT2D eigenvalue weighted by Crippen LogP contribution is -2.11. The molecule has 1 aromatic heterocycles. The lowest BCUT2D eigenvalue weighted by Gasteiger charge is -2.03. The normalized spacial score (nSPS) is 10.8. The third-order valence-corrected chi connectivity index (χ3v) is 3.89. The molecule has 20 heavy (non-hydrogen) atoms. The van der Waals surface area contributed by atoms with Crippen LogP contribution in [0, 0.1) is 18.7 Å². The van der Waals surface area contributed by atoms with Gasteiger partial charge in [-0.15, -0.1) is 11.3 Å². The topological polar surface area (TPSA) is 42.0 Å². The lowest BCUT2D eigenvalue weighted by molar-refractivity contribution is 0.103. The fourth-order valence-electron chi connectivity index (χ4n) is 1.85. The van der Waals surface area contributed by atoms with E-state index in [1.807, 2.05) is 6.92 Å². The molecular formula is C15H17FN2OS. The molecule has 0 saturated heterocycles. The first kappa shape index (κ1) is 14.7. The molecule has 0 unspecified atom stereocenters. The molecule has 0 saturated carbocycles. The Morgan fingerprint density at radius 1 is 1.45 bits per heavy atom. The van der Waals surface area contributed by atoms with Crippen molar-refractivity contribution in [1.82, 2.24) is 4.98 Å². The van der Waals surface area contributed by atoms with Crippen molar-refractivity contribution in [2.24, 2.45) is 5.92 Å². The van der Waals surface area contributed by atoms with E-state index in [1.165, 1.54) is 23.5 Å². The summed E-state index contributed by atoms with van der Waals surface area (Å²) in [7, 11) is 0. The average molecular weight is 292 g/mol. The highest BCUT2D eigenvalue weighted by Crippen LogP contribution is 2.22. The Morgan fingerprint density at radius 2 is 2.20 bits per heavy atom. The number of carbonyl (C=O) groups is 1. The Hall–Kier alpha value is -1.75. The highest BCUT2D eigenvalue weighted by atomic mass is 32.1. The fourth-order valence-corrected chi connectivity index (χ4v) is 3.03. The van der Waals surface area contributed by atoms with Gasteiger partial charge in [0.1, 0.15) is 10.7 Å². The molecule has 2 rings (SSSR count). The van der Waals surface area contributed by atoms with E-state index in [1.54, 1.807) is 12.1 Å². The molecule has 0 aliphatic rings. The van der Waals surface area contributed by atoms with Crippen molar-refractivity contribution in [3.8, 4) is 0 Å². The first-order valence-corrected chi connectivity index (χ1v) is 7.30. The van der Waals surface area contributed by atoms with Crippen LogP contribution in [0.3, 0.4) is 0 Å². The molecular weight excluding hydrogens is 275 g/mol. The van der Waals surface area contributed by atoms with Gasteiger partial charge in [-0.3, -0.25) is 4.79 Å². The van der Waals surface area contributed by atoms with Crippen molar-refractivity contribution in [2.45, 2.75) is 27.2 Å². The molecule has 0 fully saturated rings. The zero-order valence-electron chi connectivity index (χ0n) is 11.7. The summed E-state index contributed by atoms with van der Waals surface area (Å²) in [5.41, 5.74) is 1.17. The molecule has 0 radical (unpaired) electrons. The smallest absolute Gasteiger partial charge is 0.267 e. The second-order valence-corrected chi connectivity index (χ2v) is 6.17. The van der Waals surface area contributed by atoms with Crippen molar-refractivity contribution in [3.63, 3.8) is 0 Å². The Kier molecular flexibility index (Phi) is 4.49. The first-order valence-electron chi connectivity index (χ1n) is 6.49. The molecule has 0 bridgehead atoms. The van der Waals surface area contributed by atoms with E-state index in [-0.39, 0.29) is 11.7 Å². The minimum Gasteiger partial charge on any atom is -0.321 e. The maximum absolute atomic E-state index is 13.1. The molecule has 1 amide bonds. The van der Waals surface area contributed by atoms with E-state index < -0.39 is 0 Å². The molecule has 0 atom stereocenters. The van der Waals surface area contributed by atoms with E-state index >= 15 is 0 Å². The second kappa shape index (κ2) is 6.13. The second-order valence-electron chi connectivity index (χ2n) is 5.08. The lowest BCUT2D eigenvalue weighted by atomic mass is 10.1. The van der Waals surface area contributed by atoms with Gasteiger partial charge in [0, 0.05) is 12.1 Å². The number of halogens is 1. The zero-order chi connectivity index (χ0) is 14.7. The molecule has 1 heterocycles. The van der Waals surface area contributed by atoms with Gasteiger partial charge in [0.2, 0.25) is 0 Å². The number of thiazole rings is 1. The summed E-state index contributed by atoms with van der Waals surface area (Å²) in [5, 5.41) is 3.66. The van der Waals surface area contributed by atoms with E-state index in [9.17, 15) is 9.18 Å². The Balaban J connectivity index is 2.15. The van der Waals surface area contributed by atoms with Crippen molar-refractivity contribution < 1.29 is 9.18 Å². The minimum atomic E-state index is -0.371. The fraction of sp³-hybridized carbons (Fsp3) is 0.333. The van der Waals surface area contributed by atoms with Gasteiger partial charge < -0.3 is 5.32 Å². The standard InChI is InChI=1S/C15H17FN2OS/c1-9(2)7-13-17-10(3)14(20-13)15(19)18-12-6-4-5-11(16)8-12/h4-6,8-9H,7H2,1-3H3,(H,18,19). The predicted octanol–water partition coefficient (Wildman–Crippen LogP) is 4.04. The number of benzene rings is 1. The SMILES string of the molecule is Cc1nc(CC(C)C)sc1C(=O)Nc1cccc(F)c1. The Bertz CT molecular complexity index is 622. The van der Waals surface area contributed by atoms with Gasteiger partial charge in [-0.05, 0) is 31.0 Å². The van der Waals surface area contributed by atoms with E-state index in [0.717, 1.165) is 17.1 Å². The number of aryl methyl sites for hydroxylation is 1. The van der Waals surface area contributed by atoms with Crippen molar-refractivity contribution in [3.05, 3.63) is 45.7 Å². The van der Waals surface area contributed by atoms with Crippen LogP contribution < -0.4 is 5.32 Å². The summed E-state index contributed by atoms with van der Waals surface area (Å²) >= 11 is 1.40. The predicted molar refractivity (Wildman–Crippen MR) is 79.7 cm³/mol. The van der Waals surface area contributed by atoms with Crippen LogP contribution in [-0.2, 0) is 6.42 Å². The summed E-state index contributed by atoms with van der Waals surface area (Å²) in [5.74, 6) is -0.107. The van der Waals surface area contributed by atoms with Crippen molar-refractivity contribution in [2.75, 3.05) is 5.32 Å². The molecule has 1 N–H and O–H groups in total. The van der Waals surface area contributed by atoms with Crippen LogP contribution in [0.1, 0.15) is 34.2 Å². The van der Waals surface area contributed by atoms with Gasteiger partial charge in [-0.1, -0.05) is 19.9 Å². The molecule has 3 nitrogen and oxygen atoms in total. The Morgan fingerprint density at radius 3 is 2.85 bits per heavy atom. The number of anilines is 1. The number of nitrogens with zero attached hydrogens (tertiary/aromatic N) is 1. The number of rotatable bonds is 4. The third-order valence-electron chi connectivity index (χ3n) is 2.71. The number of nitrogens with one attached hydrogen (secondary N) is 1. The van der Waals surface area contributed by atoms with Crippen molar-refractivity contribution in [1.29, 1.82) is 0 Å². The van der Waals surface area contributed by atoms with Gasteiger partial charge in [-0.2, -0.15) is 0 Å². The quantitative estimate of drug-likeness (QED) is 0.924. The summed E-state index contributed by atoms with van der Waals surface area (Å²) in [4.78, 5) is 17.2. The molecule has 106 valence electrons. The van der Waals surface area contributed by atoms with Crippen LogP contribution in [0.25, 0.3) is 0 Å². The number of hydrogen-bond acceptors (Lipinski definition) is 3. The maximum Gasteiger partial charge on any atom is 0.267 e. The highest BCUT2D eigenvalue weighted by molar-refractivity contribution is 7.13. The molecule has 0 aliphatic carbocycles. The largest absolute Gasteiger partial charge is 0.321 e. The molecule has 0 aliphatic heterocycles. The van der Waals surface area contributed by atoms with Gasteiger partial charge in [0.05, 0.1) is 10.7 Å². The van der Waals surface area contributed by atoms with Crippen LogP contribution in [0.15, 0.2) is 24.3 Å². The number of amides is 1. The highest BCUT2D eigenvalue weighted by Gasteiger charge is 2.16. The summed E-state index contributed by atoms with van der Waals surface area (Å²) in [6.45, 7) is 6.05. The Labute approximate surface area is 121 Å². The van der Waals surface area contributed by atoms with E-state index in [0.29, 0.717) is 16.5 Å². The number of aromatic nitrogens is 1. The molecule has 1 aromatic carbocycles. The van der Waals surface area contributed by atoms with Crippen LogP contribution in [0.4, 0.5) is 10.1 Å². The van der Waals surface area contributed by atoms with Gasteiger partial charge in [0.15, 0.2) is 0 Å². The number of carbonyl (C=O) groups excluding carboxylic acids is 1. The van der Waals surface area contributed by atoms with Gasteiger partial charge in [0.25, 0.3) is 5.91 Å². The first-order chi connectivity index (χ1) is 9.45. The van der Waals surface area contributed by atoms with Gasteiger partial charge in [-0.25, -0.2) is 9.37 Å². The summed E-state index contributed by atoms with van der Waals surface area (Å²) < 4.78 is 13.1. The molecule has 2 aromatic rings. The third kappa shape index (κ3) is 3.63. The van der Waals surface area contributed by atoms with Gasteiger partial charge >= 0.3 is 0 Å². The maximum atomic E-state index is 13.1. The van der Waals surface area contributed by atoms with E-state index in [4.69, 9.17) is 0 Å². The van der Waals surface area contributed by atoms with Crippen molar-refractivity contribution >= 4 is 22.9 Å². The van der Waals surface area contributed by atoms with E-state index in [2.05, 4.69) is 24.1 Å². The zero-order valence-corrected chi connectivity index (χ0v) is 12.6. The average Bonchev–Trinajstić information content (AvgIpc) is 2.69. The molecule has 0 spiro atoms. The van der Waals surface area contributed by atoms with Crippen LogP contribution >= 0.6 is 11.3 Å². The van der Waals surface area contributed by atoms with Crippen LogP contribution in [-0.4, -0.2) is 10.9 Å². The van der Waals surface area contributed by atoms with Crippen LogP contribution in [0.2, 0.25) is 0 Å². The van der Waals surface area contributed by atoms with Crippen LogP contribution in [0.5, 0.6) is 0 Å².